The van der Waals surface area contributed by atoms with Crippen LogP contribution in [-0.4, -0.2) is 20.0 Å². The van der Waals surface area contributed by atoms with E-state index in [1.807, 2.05) is 43.3 Å². The monoisotopic (exact) mass is 239 g/mol. The fourth-order valence-corrected chi connectivity index (χ4v) is 2.04. The summed E-state index contributed by atoms with van der Waals surface area (Å²) in [4.78, 5) is 0. The van der Waals surface area contributed by atoms with Gasteiger partial charge in [-0.15, -0.1) is 0 Å². The first kappa shape index (κ1) is 10.6. The maximum absolute atomic E-state index is 6.18. The highest BCUT2D eigenvalue weighted by atomic mass is 15.3. The van der Waals surface area contributed by atoms with Crippen LogP contribution in [0.15, 0.2) is 42.6 Å². The number of nitrogens with two attached hydrogens (primary N) is 1. The van der Waals surface area contributed by atoms with Crippen LogP contribution in [0.25, 0.3) is 16.9 Å². The number of benzene rings is 1. The normalized spacial score (nSPS) is 10.7. The number of H-pyrrole nitrogens is 1. The van der Waals surface area contributed by atoms with Crippen molar-refractivity contribution < 1.29 is 0 Å². The van der Waals surface area contributed by atoms with Crippen LogP contribution in [0.4, 0.5) is 5.82 Å². The molecule has 0 bridgehead atoms. The van der Waals surface area contributed by atoms with E-state index in [4.69, 9.17) is 5.73 Å². The molecule has 0 radical (unpaired) electrons. The van der Waals surface area contributed by atoms with Gasteiger partial charge in [-0.2, -0.15) is 10.2 Å². The van der Waals surface area contributed by atoms with Crippen LogP contribution >= 0.6 is 0 Å². The van der Waals surface area contributed by atoms with E-state index >= 15 is 0 Å². The van der Waals surface area contributed by atoms with E-state index in [2.05, 4.69) is 15.3 Å². The zero-order valence-corrected chi connectivity index (χ0v) is 9.96. The number of nitrogen functional groups attached to an aromatic ring is 1. The molecular weight excluding hydrogens is 226 g/mol. The Kier molecular flexibility index (Phi) is 2.37. The summed E-state index contributed by atoms with van der Waals surface area (Å²) in [6.07, 6.45) is 1.70. The minimum atomic E-state index is 0.614. The molecular formula is C13H13N5. The van der Waals surface area contributed by atoms with Crippen molar-refractivity contribution in [1.29, 1.82) is 0 Å². The molecule has 0 unspecified atom stereocenters. The molecule has 0 fully saturated rings. The van der Waals surface area contributed by atoms with E-state index < -0.39 is 0 Å². The van der Waals surface area contributed by atoms with Crippen LogP contribution in [0.5, 0.6) is 0 Å². The van der Waals surface area contributed by atoms with E-state index in [0.717, 1.165) is 22.6 Å². The molecule has 2 aromatic heterocycles. The average Bonchev–Trinajstić information content (AvgIpc) is 2.99. The first-order valence-electron chi connectivity index (χ1n) is 5.67. The maximum Gasteiger partial charge on any atom is 0.136 e. The molecule has 5 nitrogen and oxygen atoms in total. The van der Waals surface area contributed by atoms with Crippen LogP contribution < -0.4 is 5.73 Å². The number of nitrogens with zero attached hydrogens (tertiary/aromatic N) is 3. The van der Waals surface area contributed by atoms with E-state index in [-0.39, 0.29) is 0 Å². The van der Waals surface area contributed by atoms with Gasteiger partial charge in [0.05, 0.1) is 22.6 Å². The highest BCUT2D eigenvalue weighted by molar-refractivity contribution is 5.74. The van der Waals surface area contributed by atoms with Gasteiger partial charge in [0.2, 0.25) is 0 Å². The highest BCUT2D eigenvalue weighted by Gasteiger charge is 2.15. The second kappa shape index (κ2) is 4.03. The van der Waals surface area contributed by atoms with Crippen LogP contribution in [0.1, 0.15) is 5.69 Å². The number of para-hydroxylation sites is 1. The van der Waals surface area contributed by atoms with Gasteiger partial charge < -0.3 is 5.73 Å². The molecule has 0 atom stereocenters. The Morgan fingerprint density at radius 2 is 1.94 bits per heavy atom. The lowest BCUT2D eigenvalue weighted by molar-refractivity contribution is 0.872. The van der Waals surface area contributed by atoms with Gasteiger partial charge in [0.1, 0.15) is 5.82 Å². The second-order valence-electron chi connectivity index (χ2n) is 4.06. The molecule has 0 aliphatic rings. The van der Waals surface area contributed by atoms with Gasteiger partial charge in [-0.3, -0.25) is 5.10 Å². The van der Waals surface area contributed by atoms with Crippen LogP contribution in [0.3, 0.4) is 0 Å². The highest BCUT2D eigenvalue weighted by Crippen LogP contribution is 2.29. The van der Waals surface area contributed by atoms with E-state index in [1.165, 1.54) is 0 Å². The smallest absolute Gasteiger partial charge is 0.136 e. The largest absolute Gasteiger partial charge is 0.383 e. The van der Waals surface area contributed by atoms with Gasteiger partial charge in [-0.25, -0.2) is 4.68 Å². The summed E-state index contributed by atoms with van der Waals surface area (Å²) in [5, 5.41) is 11.3. The number of aromatic amines is 1. The third kappa shape index (κ3) is 1.57. The maximum atomic E-state index is 6.18. The van der Waals surface area contributed by atoms with Crippen molar-refractivity contribution in [3.05, 3.63) is 48.3 Å². The van der Waals surface area contributed by atoms with Crippen LogP contribution in [0, 0.1) is 6.92 Å². The Balaban J connectivity index is 2.18. The van der Waals surface area contributed by atoms with Gasteiger partial charge in [-0.1, -0.05) is 18.2 Å². The lowest BCUT2D eigenvalue weighted by Gasteiger charge is -2.03. The van der Waals surface area contributed by atoms with Crippen molar-refractivity contribution in [3.63, 3.8) is 0 Å². The standard InChI is InChI=1S/C13H13N5/c1-9-12(11-7-8-15-16-11)13(14)18(17-9)10-5-3-2-4-6-10/h2-8H,14H2,1H3,(H,15,16). The summed E-state index contributed by atoms with van der Waals surface area (Å²) in [6, 6.07) is 11.7. The third-order valence-electron chi connectivity index (χ3n) is 2.87. The Morgan fingerprint density at radius 1 is 1.17 bits per heavy atom. The predicted molar refractivity (Wildman–Crippen MR) is 70.3 cm³/mol. The van der Waals surface area contributed by atoms with Crippen molar-refractivity contribution >= 4 is 5.82 Å². The Morgan fingerprint density at radius 3 is 2.61 bits per heavy atom. The number of hydrogen-bond acceptors (Lipinski definition) is 3. The molecule has 18 heavy (non-hydrogen) atoms. The lowest BCUT2D eigenvalue weighted by Crippen LogP contribution is -2.01. The van der Waals surface area contributed by atoms with E-state index in [9.17, 15) is 0 Å². The first-order chi connectivity index (χ1) is 8.77. The Hall–Kier alpha value is -2.56. The van der Waals surface area contributed by atoms with Gasteiger partial charge in [0.15, 0.2) is 0 Å². The summed E-state index contributed by atoms with van der Waals surface area (Å²) in [6.45, 7) is 1.94. The molecule has 3 aromatic rings. The van der Waals surface area contributed by atoms with Crippen LogP contribution in [-0.2, 0) is 0 Å². The van der Waals surface area contributed by atoms with Crippen LogP contribution in [0.2, 0.25) is 0 Å². The number of nitrogens with one attached hydrogen (secondary N) is 1. The van der Waals surface area contributed by atoms with Crippen molar-refractivity contribution in [3.8, 4) is 16.9 Å². The number of hydrogen-bond donors (Lipinski definition) is 2. The SMILES string of the molecule is Cc1nn(-c2ccccc2)c(N)c1-c1ccn[nH]1. The predicted octanol–water partition coefficient (Wildman–Crippen LogP) is 2.15. The number of aryl methyl sites for hydroxylation is 1. The molecule has 0 saturated carbocycles. The fourth-order valence-electron chi connectivity index (χ4n) is 2.04. The number of anilines is 1. The van der Waals surface area contributed by atoms with Gasteiger partial charge >= 0.3 is 0 Å². The van der Waals surface area contributed by atoms with Crippen molar-refractivity contribution in [1.82, 2.24) is 20.0 Å². The molecule has 3 rings (SSSR count). The molecule has 1 aromatic carbocycles. The fraction of sp³-hybridized carbons (Fsp3) is 0.0769. The Bertz CT molecular complexity index is 652. The molecule has 0 amide bonds. The minimum Gasteiger partial charge on any atom is -0.383 e. The summed E-state index contributed by atoms with van der Waals surface area (Å²) in [5.74, 6) is 0.614. The van der Waals surface area contributed by atoms with Crippen molar-refractivity contribution in [2.75, 3.05) is 5.73 Å². The quantitative estimate of drug-likeness (QED) is 0.719. The number of rotatable bonds is 2. The minimum absolute atomic E-state index is 0.614. The van der Waals surface area contributed by atoms with E-state index in [1.54, 1.807) is 10.9 Å². The summed E-state index contributed by atoms with van der Waals surface area (Å²) in [5.41, 5.74) is 9.78. The zero-order chi connectivity index (χ0) is 12.5. The molecule has 5 heteroatoms. The van der Waals surface area contributed by atoms with Gasteiger partial charge in [0.25, 0.3) is 0 Å². The molecule has 0 spiro atoms. The first-order valence-corrected chi connectivity index (χ1v) is 5.67. The number of aromatic nitrogens is 4. The molecule has 0 aliphatic heterocycles. The summed E-state index contributed by atoms with van der Waals surface area (Å²) in [7, 11) is 0. The lowest BCUT2D eigenvalue weighted by atomic mass is 10.2. The zero-order valence-electron chi connectivity index (χ0n) is 9.96. The van der Waals surface area contributed by atoms with Crippen molar-refractivity contribution in [2.45, 2.75) is 6.92 Å². The topological polar surface area (TPSA) is 72.5 Å². The second-order valence-corrected chi connectivity index (χ2v) is 4.06. The van der Waals surface area contributed by atoms with Crippen molar-refractivity contribution in [2.24, 2.45) is 0 Å². The average molecular weight is 239 g/mol. The molecule has 0 saturated heterocycles. The molecule has 0 aliphatic carbocycles. The Labute approximate surface area is 104 Å². The molecule has 90 valence electrons. The van der Waals surface area contributed by atoms with Gasteiger partial charge in [0, 0.05) is 6.20 Å². The van der Waals surface area contributed by atoms with Gasteiger partial charge in [-0.05, 0) is 25.1 Å². The van der Waals surface area contributed by atoms with E-state index in [0.29, 0.717) is 5.82 Å². The third-order valence-corrected chi connectivity index (χ3v) is 2.87. The summed E-state index contributed by atoms with van der Waals surface area (Å²) >= 11 is 0. The molecule has 2 heterocycles. The summed E-state index contributed by atoms with van der Waals surface area (Å²) < 4.78 is 1.74. The molecule has 3 N–H and O–H groups in total.